The van der Waals surface area contributed by atoms with Gasteiger partial charge in [0.05, 0.1) is 17.2 Å². The van der Waals surface area contributed by atoms with Crippen LogP contribution in [0.4, 0.5) is 0 Å². The minimum atomic E-state index is -0.162. The highest BCUT2D eigenvalue weighted by Crippen LogP contribution is 2.31. The van der Waals surface area contributed by atoms with E-state index in [2.05, 4.69) is 24.1 Å². The number of methoxy groups -OCH3 is 1. The van der Waals surface area contributed by atoms with Crippen LogP contribution in [0.15, 0.2) is 18.2 Å². The minimum absolute atomic E-state index is 0.00788. The SMILES string of the molecule is COCCNC(=O)c1ccc(OC2CCN(C[C@@H]3CCOC(C)(C)C3)CC2)c(Cl)c1. The summed E-state index contributed by atoms with van der Waals surface area (Å²) < 4.78 is 17.0. The number of halogens is 1. The Kier molecular flexibility index (Phi) is 8.40. The van der Waals surface area contributed by atoms with E-state index in [0.717, 1.165) is 51.9 Å². The van der Waals surface area contributed by atoms with E-state index in [9.17, 15) is 4.79 Å². The van der Waals surface area contributed by atoms with Gasteiger partial charge in [-0.15, -0.1) is 0 Å². The monoisotopic (exact) mass is 438 g/mol. The van der Waals surface area contributed by atoms with Crippen LogP contribution in [0.2, 0.25) is 5.02 Å². The first-order valence-corrected chi connectivity index (χ1v) is 11.3. The zero-order valence-electron chi connectivity index (χ0n) is 18.4. The van der Waals surface area contributed by atoms with Gasteiger partial charge in [0.2, 0.25) is 0 Å². The van der Waals surface area contributed by atoms with E-state index in [1.165, 1.54) is 0 Å². The molecule has 0 aliphatic carbocycles. The summed E-state index contributed by atoms with van der Waals surface area (Å²) in [4.78, 5) is 14.7. The first-order chi connectivity index (χ1) is 14.4. The van der Waals surface area contributed by atoms with Gasteiger partial charge in [0.25, 0.3) is 5.91 Å². The summed E-state index contributed by atoms with van der Waals surface area (Å²) in [6, 6.07) is 5.22. The van der Waals surface area contributed by atoms with Crippen molar-refractivity contribution in [1.82, 2.24) is 10.2 Å². The topological polar surface area (TPSA) is 60.0 Å². The Morgan fingerprint density at radius 2 is 2.07 bits per heavy atom. The molecule has 1 amide bonds. The Balaban J connectivity index is 1.45. The van der Waals surface area contributed by atoms with E-state index >= 15 is 0 Å². The van der Waals surface area contributed by atoms with Crippen molar-refractivity contribution in [3.8, 4) is 5.75 Å². The average molecular weight is 439 g/mol. The summed E-state index contributed by atoms with van der Waals surface area (Å²) in [5.74, 6) is 1.20. The van der Waals surface area contributed by atoms with Crippen molar-refractivity contribution in [1.29, 1.82) is 0 Å². The van der Waals surface area contributed by atoms with Crippen molar-refractivity contribution >= 4 is 17.5 Å². The van der Waals surface area contributed by atoms with E-state index in [1.54, 1.807) is 25.3 Å². The summed E-state index contributed by atoms with van der Waals surface area (Å²) in [6.45, 7) is 9.43. The second-order valence-electron chi connectivity index (χ2n) is 8.98. The first kappa shape index (κ1) is 23.3. The van der Waals surface area contributed by atoms with Crippen LogP contribution in [0.3, 0.4) is 0 Å². The number of benzene rings is 1. The standard InChI is InChI=1S/C23H35ClN2O4/c1-23(2)15-17(8-12-29-23)16-26-10-6-19(7-11-26)30-21-5-4-18(14-20(21)24)22(27)25-9-13-28-3/h4-5,14,17,19H,6-13,15-16H2,1-3H3,(H,25,27)/t17-/m1/s1. The molecule has 2 saturated heterocycles. The molecule has 3 rings (SSSR count). The molecule has 2 aliphatic heterocycles. The number of carbonyl (C=O) groups is 1. The van der Waals surface area contributed by atoms with Crippen LogP contribution < -0.4 is 10.1 Å². The van der Waals surface area contributed by atoms with Crippen LogP contribution in [-0.2, 0) is 9.47 Å². The number of rotatable bonds is 8. The second-order valence-corrected chi connectivity index (χ2v) is 9.39. The fraction of sp³-hybridized carbons (Fsp3) is 0.696. The Hall–Kier alpha value is -1.34. The number of nitrogens with one attached hydrogen (secondary N) is 1. The van der Waals surface area contributed by atoms with Gasteiger partial charge in [-0.2, -0.15) is 0 Å². The molecule has 1 aromatic rings. The van der Waals surface area contributed by atoms with Gasteiger partial charge in [0, 0.05) is 45.5 Å². The van der Waals surface area contributed by atoms with Gasteiger partial charge in [-0.05, 0) is 63.6 Å². The summed E-state index contributed by atoms with van der Waals surface area (Å²) in [7, 11) is 1.60. The minimum Gasteiger partial charge on any atom is -0.489 e. The van der Waals surface area contributed by atoms with E-state index in [0.29, 0.717) is 35.4 Å². The third-order valence-corrected chi connectivity index (χ3v) is 6.22. The number of hydrogen-bond donors (Lipinski definition) is 1. The van der Waals surface area contributed by atoms with E-state index in [-0.39, 0.29) is 17.6 Å². The number of carbonyl (C=O) groups excluding carboxylic acids is 1. The molecule has 2 heterocycles. The quantitative estimate of drug-likeness (QED) is 0.626. The molecule has 0 aromatic heterocycles. The van der Waals surface area contributed by atoms with Crippen LogP contribution in [0, 0.1) is 5.92 Å². The maximum Gasteiger partial charge on any atom is 0.251 e. The molecular weight excluding hydrogens is 404 g/mol. The fourth-order valence-electron chi connectivity index (χ4n) is 4.37. The van der Waals surface area contributed by atoms with Gasteiger partial charge < -0.3 is 24.4 Å². The lowest BCUT2D eigenvalue weighted by atomic mass is 9.87. The fourth-order valence-corrected chi connectivity index (χ4v) is 4.60. The Morgan fingerprint density at radius 1 is 1.30 bits per heavy atom. The lowest BCUT2D eigenvalue weighted by molar-refractivity contribution is -0.0782. The second kappa shape index (κ2) is 10.8. The number of hydrogen-bond acceptors (Lipinski definition) is 5. The zero-order valence-corrected chi connectivity index (χ0v) is 19.2. The highest BCUT2D eigenvalue weighted by atomic mass is 35.5. The average Bonchev–Trinajstić information content (AvgIpc) is 2.70. The molecule has 2 fully saturated rings. The summed E-state index contributed by atoms with van der Waals surface area (Å²) in [5.41, 5.74) is 0.533. The maximum atomic E-state index is 12.1. The lowest BCUT2D eigenvalue weighted by Gasteiger charge is -2.39. The van der Waals surface area contributed by atoms with Crippen LogP contribution in [0.1, 0.15) is 49.9 Å². The van der Waals surface area contributed by atoms with Crippen molar-refractivity contribution in [3.63, 3.8) is 0 Å². The molecule has 0 spiro atoms. The highest BCUT2D eigenvalue weighted by Gasteiger charge is 2.31. The van der Waals surface area contributed by atoms with Gasteiger partial charge in [-0.1, -0.05) is 11.6 Å². The zero-order chi connectivity index (χ0) is 21.6. The molecule has 6 nitrogen and oxygen atoms in total. The molecule has 1 aromatic carbocycles. The van der Waals surface area contributed by atoms with Crippen LogP contribution in [-0.4, -0.2) is 69.0 Å². The summed E-state index contributed by atoms with van der Waals surface area (Å²) >= 11 is 6.39. The van der Waals surface area contributed by atoms with Gasteiger partial charge >= 0.3 is 0 Å². The molecule has 0 unspecified atom stereocenters. The van der Waals surface area contributed by atoms with Crippen LogP contribution in [0.5, 0.6) is 5.75 Å². The summed E-state index contributed by atoms with van der Waals surface area (Å²) in [5, 5.41) is 3.27. The van der Waals surface area contributed by atoms with E-state index in [4.69, 9.17) is 25.8 Å². The summed E-state index contributed by atoms with van der Waals surface area (Å²) in [6.07, 6.45) is 4.42. The number of likely N-dealkylation sites (tertiary alicyclic amines) is 1. The third-order valence-electron chi connectivity index (χ3n) is 5.93. The number of piperidine rings is 1. The smallest absolute Gasteiger partial charge is 0.251 e. The Morgan fingerprint density at radius 3 is 2.73 bits per heavy atom. The molecule has 0 saturated carbocycles. The van der Waals surface area contributed by atoms with E-state index < -0.39 is 0 Å². The van der Waals surface area contributed by atoms with Gasteiger partial charge in [0.1, 0.15) is 11.9 Å². The molecule has 1 atom stereocenters. The van der Waals surface area contributed by atoms with Crippen molar-refractivity contribution in [3.05, 3.63) is 28.8 Å². The lowest BCUT2D eigenvalue weighted by Crippen LogP contribution is -2.44. The molecule has 0 radical (unpaired) electrons. The molecule has 2 aliphatic rings. The Labute approximate surface area is 185 Å². The largest absolute Gasteiger partial charge is 0.489 e. The highest BCUT2D eigenvalue weighted by molar-refractivity contribution is 6.32. The van der Waals surface area contributed by atoms with Crippen LogP contribution in [0.25, 0.3) is 0 Å². The van der Waals surface area contributed by atoms with Crippen molar-refractivity contribution in [2.45, 2.75) is 51.2 Å². The predicted molar refractivity (Wildman–Crippen MR) is 119 cm³/mol. The van der Waals surface area contributed by atoms with Gasteiger partial charge in [-0.25, -0.2) is 0 Å². The van der Waals surface area contributed by atoms with Crippen molar-refractivity contribution < 1.29 is 19.0 Å². The molecule has 0 bridgehead atoms. The van der Waals surface area contributed by atoms with Gasteiger partial charge in [0.15, 0.2) is 0 Å². The van der Waals surface area contributed by atoms with Gasteiger partial charge in [-0.3, -0.25) is 4.79 Å². The molecule has 1 N–H and O–H groups in total. The van der Waals surface area contributed by atoms with E-state index in [1.807, 2.05) is 0 Å². The first-order valence-electron chi connectivity index (χ1n) is 11.0. The number of ether oxygens (including phenoxy) is 3. The third kappa shape index (κ3) is 6.84. The van der Waals surface area contributed by atoms with Crippen molar-refractivity contribution in [2.24, 2.45) is 5.92 Å². The Bertz CT molecular complexity index is 704. The predicted octanol–water partition coefficient (Wildman–Crippen LogP) is 3.76. The van der Waals surface area contributed by atoms with Crippen molar-refractivity contribution in [2.75, 3.05) is 46.5 Å². The number of nitrogens with zero attached hydrogens (tertiary/aromatic N) is 1. The molecular formula is C23H35ClN2O4. The van der Waals surface area contributed by atoms with Crippen LogP contribution >= 0.6 is 11.6 Å². The maximum absolute atomic E-state index is 12.1. The molecule has 30 heavy (non-hydrogen) atoms. The molecule has 7 heteroatoms. The number of amides is 1. The molecule has 168 valence electrons. The normalized spacial score (nSPS) is 22.6.